The molecule has 0 radical (unpaired) electrons. The summed E-state index contributed by atoms with van der Waals surface area (Å²) in [6.45, 7) is 4.42. The molecule has 0 aliphatic rings. The van der Waals surface area contributed by atoms with Crippen LogP contribution in [0.3, 0.4) is 0 Å². The third kappa shape index (κ3) is 6.04. The van der Waals surface area contributed by atoms with Gasteiger partial charge in [0.25, 0.3) is 5.91 Å². The molecule has 0 unspecified atom stereocenters. The van der Waals surface area contributed by atoms with E-state index in [1.54, 1.807) is 31.2 Å². The van der Waals surface area contributed by atoms with Crippen LogP contribution in [0.15, 0.2) is 41.6 Å². The van der Waals surface area contributed by atoms with Crippen LogP contribution in [0.4, 0.5) is 10.1 Å². The summed E-state index contributed by atoms with van der Waals surface area (Å²) in [5, 5.41) is 14.4. The maximum atomic E-state index is 13.4. The van der Waals surface area contributed by atoms with Gasteiger partial charge in [-0.15, -0.1) is 10.2 Å². The van der Waals surface area contributed by atoms with E-state index >= 15 is 0 Å². The molecule has 0 aliphatic heterocycles. The highest BCUT2D eigenvalue weighted by Crippen LogP contribution is 2.27. The van der Waals surface area contributed by atoms with Crippen LogP contribution in [-0.4, -0.2) is 46.6 Å². The third-order valence-electron chi connectivity index (χ3n) is 4.97. The summed E-state index contributed by atoms with van der Waals surface area (Å²) in [7, 11) is 3.03. The smallest absolute Gasteiger partial charge is 0.251 e. The second-order valence-electron chi connectivity index (χ2n) is 7.19. The lowest BCUT2D eigenvalue weighted by Crippen LogP contribution is -2.25. The number of thioether (sulfide) groups is 1. The van der Waals surface area contributed by atoms with Crippen molar-refractivity contribution in [2.45, 2.75) is 32.1 Å². The van der Waals surface area contributed by atoms with Crippen LogP contribution in [0.2, 0.25) is 0 Å². The number of hydrogen-bond donors (Lipinski definition) is 2. The molecule has 3 rings (SSSR count). The van der Waals surface area contributed by atoms with Crippen molar-refractivity contribution in [3.05, 3.63) is 59.2 Å². The van der Waals surface area contributed by atoms with E-state index in [-0.39, 0.29) is 24.1 Å². The number of methoxy groups -OCH3 is 2. The number of nitrogens with one attached hydrogen (secondary N) is 2. The number of benzene rings is 2. The van der Waals surface area contributed by atoms with Crippen molar-refractivity contribution in [2.24, 2.45) is 0 Å². The molecule has 2 aromatic carbocycles. The van der Waals surface area contributed by atoms with Crippen molar-refractivity contribution in [3.8, 4) is 11.5 Å². The molecule has 0 aliphatic carbocycles. The Morgan fingerprint density at radius 3 is 2.56 bits per heavy atom. The highest BCUT2D eigenvalue weighted by molar-refractivity contribution is 7.99. The SMILES string of the molecule is CCn1c(CNC(=O)c2ccc(OC)c(OC)c2)nnc1SCC(=O)Nc1cc(F)ccc1C. The zero-order valence-corrected chi connectivity index (χ0v) is 20.2. The van der Waals surface area contributed by atoms with Crippen LogP contribution >= 0.6 is 11.8 Å². The number of amides is 2. The molecule has 3 aromatic rings. The number of rotatable bonds is 10. The Balaban J connectivity index is 1.60. The first-order valence-electron chi connectivity index (χ1n) is 10.5. The lowest BCUT2D eigenvalue weighted by Gasteiger charge is -2.11. The molecule has 0 spiro atoms. The van der Waals surface area contributed by atoms with Crippen LogP contribution in [0, 0.1) is 12.7 Å². The fraction of sp³-hybridized carbons (Fsp3) is 0.304. The maximum absolute atomic E-state index is 13.4. The summed E-state index contributed by atoms with van der Waals surface area (Å²) in [6, 6.07) is 9.13. The Morgan fingerprint density at radius 1 is 1.09 bits per heavy atom. The number of carbonyl (C=O) groups excluding carboxylic acids is 2. The highest BCUT2D eigenvalue weighted by Gasteiger charge is 2.16. The van der Waals surface area contributed by atoms with E-state index in [1.165, 1.54) is 38.1 Å². The first kappa shape index (κ1) is 25.0. The van der Waals surface area contributed by atoms with Gasteiger partial charge in [0.15, 0.2) is 22.5 Å². The zero-order chi connectivity index (χ0) is 24.7. The van der Waals surface area contributed by atoms with E-state index in [1.807, 2.05) is 11.5 Å². The van der Waals surface area contributed by atoms with E-state index in [0.29, 0.717) is 40.3 Å². The zero-order valence-electron chi connectivity index (χ0n) is 19.3. The molecule has 2 N–H and O–H groups in total. The van der Waals surface area contributed by atoms with Crippen LogP contribution < -0.4 is 20.1 Å². The molecule has 0 saturated carbocycles. The minimum atomic E-state index is -0.418. The number of halogens is 1. The van der Waals surface area contributed by atoms with Gasteiger partial charge < -0.3 is 24.7 Å². The molecule has 0 fully saturated rings. The van der Waals surface area contributed by atoms with E-state index in [0.717, 1.165) is 5.56 Å². The summed E-state index contributed by atoms with van der Waals surface area (Å²) < 4.78 is 25.7. The quantitative estimate of drug-likeness (QED) is 0.422. The van der Waals surface area contributed by atoms with Gasteiger partial charge in [0, 0.05) is 17.8 Å². The van der Waals surface area contributed by atoms with Crippen LogP contribution in [0.1, 0.15) is 28.7 Å². The van der Waals surface area contributed by atoms with Crippen molar-refractivity contribution >= 4 is 29.3 Å². The number of aryl methyl sites for hydroxylation is 1. The Morgan fingerprint density at radius 2 is 1.85 bits per heavy atom. The van der Waals surface area contributed by atoms with Gasteiger partial charge in [-0.05, 0) is 49.7 Å². The minimum absolute atomic E-state index is 0.0755. The van der Waals surface area contributed by atoms with Gasteiger partial charge in [0.2, 0.25) is 5.91 Å². The summed E-state index contributed by atoms with van der Waals surface area (Å²) >= 11 is 1.21. The highest BCUT2D eigenvalue weighted by atomic mass is 32.2. The molecule has 0 saturated heterocycles. The standard InChI is InChI=1S/C23H26FN5O4S/c1-5-29-20(12-25-22(31)15-7-9-18(32-3)19(10-15)33-4)27-28-23(29)34-13-21(30)26-17-11-16(24)8-6-14(17)2/h6-11H,5,12-13H2,1-4H3,(H,25,31)(H,26,30). The largest absolute Gasteiger partial charge is 0.493 e. The van der Waals surface area contributed by atoms with E-state index in [9.17, 15) is 14.0 Å². The third-order valence-corrected chi connectivity index (χ3v) is 5.94. The minimum Gasteiger partial charge on any atom is -0.493 e. The average molecular weight is 488 g/mol. The molecule has 0 bridgehead atoms. The van der Waals surface area contributed by atoms with Gasteiger partial charge in [-0.2, -0.15) is 0 Å². The van der Waals surface area contributed by atoms with Gasteiger partial charge >= 0.3 is 0 Å². The number of carbonyl (C=O) groups is 2. The Labute approximate surface area is 201 Å². The van der Waals surface area contributed by atoms with Crippen molar-refractivity contribution in [1.29, 1.82) is 0 Å². The van der Waals surface area contributed by atoms with Crippen molar-refractivity contribution < 1.29 is 23.5 Å². The molecule has 0 atom stereocenters. The Hall–Kier alpha value is -3.60. The van der Waals surface area contributed by atoms with Gasteiger partial charge in [-0.1, -0.05) is 17.8 Å². The van der Waals surface area contributed by atoms with Crippen molar-refractivity contribution in [3.63, 3.8) is 0 Å². The molecule has 11 heteroatoms. The van der Waals surface area contributed by atoms with E-state index < -0.39 is 5.82 Å². The van der Waals surface area contributed by atoms with Crippen molar-refractivity contribution in [1.82, 2.24) is 20.1 Å². The first-order valence-corrected chi connectivity index (χ1v) is 11.5. The van der Waals surface area contributed by atoms with E-state index in [2.05, 4.69) is 20.8 Å². The van der Waals surface area contributed by atoms with Gasteiger partial charge in [-0.3, -0.25) is 9.59 Å². The molecule has 1 heterocycles. The normalized spacial score (nSPS) is 10.6. The summed E-state index contributed by atoms with van der Waals surface area (Å²) in [5.41, 5.74) is 1.62. The van der Waals surface area contributed by atoms with Gasteiger partial charge in [0.05, 0.1) is 26.5 Å². The maximum Gasteiger partial charge on any atom is 0.251 e. The van der Waals surface area contributed by atoms with E-state index in [4.69, 9.17) is 9.47 Å². The van der Waals surface area contributed by atoms with Crippen LogP contribution in [-0.2, 0) is 17.9 Å². The summed E-state index contributed by atoms with van der Waals surface area (Å²) in [4.78, 5) is 24.9. The first-order chi connectivity index (χ1) is 16.4. The molecule has 2 amide bonds. The van der Waals surface area contributed by atoms with Gasteiger partial charge in [-0.25, -0.2) is 4.39 Å². The average Bonchev–Trinajstić information content (AvgIpc) is 3.24. The molecular weight excluding hydrogens is 461 g/mol. The van der Waals surface area contributed by atoms with Crippen LogP contribution in [0.25, 0.3) is 0 Å². The lowest BCUT2D eigenvalue weighted by atomic mass is 10.2. The van der Waals surface area contributed by atoms with Crippen LogP contribution in [0.5, 0.6) is 11.5 Å². The topological polar surface area (TPSA) is 107 Å². The fourth-order valence-electron chi connectivity index (χ4n) is 3.16. The number of aromatic nitrogens is 3. The molecular formula is C23H26FN5O4S. The summed E-state index contributed by atoms with van der Waals surface area (Å²) in [5.74, 6) is 0.615. The summed E-state index contributed by atoms with van der Waals surface area (Å²) in [6.07, 6.45) is 0. The predicted octanol–water partition coefficient (Wildman–Crippen LogP) is 3.42. The number of hydrogen-bond acceptors (Lipinski definition) is 7. The second kappa shape index (κ2) is 11.5. The lowest BCUT2D eigenvalue weighted by molar-refractivity contribution is -0.113. The predicted molar refractivity (Wildman–Crippen MR) is 127 cm³/mol. The van der Waals surface area contributed by atoms with Gasteiger partial charge in [0.1, 0.15) is 5.82 Å². The number of ether oxygens (including phenoxy) is 2. The molecule has 180 valence electrons. The molecule has 34 heavy (non-hydrogen) atoms. The molecule has 1 aromatic heterocycles. The van der Waals surface area contributed by atoms with Crippen molar-refractivity contribution in [2.75, 3.05) is 25.3 Å². The fourth-order valence-corrected chi connectivity index (χ4v) is 3.98. The second-order valence-corrected chi connectivity index (χ2v) is 8.13. The number of nitrogens with zero attached hydrogens (tertiary/aromatic N) is 3. The monoisotopic (exact) mass is 487 g/mol. The Kier molecular flexibility index (Phi) is 8.47. The Bertz CT molecular complexity index is 1180. The molecule has 9 nitrogen and oxygen atoms in total. The number of anilines is 1.